The smallest absolute Gasteiger partial charge is 0.169 e. The fraction of sp³-hybridized carbons (Fsp3) is 0.0323. The van der Waals surface area contributed by atoms with Gasteiger partial charge in [0.15, 0.2) is 6.17 Å². The molecular weight excluding hydrogens is 803 g/mol. The number of hydrogen-bond acceptors (Lipinski definition) is 4. The minimum Gasteiger partial charge on any atom is -0.456 e. The predicted octanol–water partition coefficient (Wildman–Crippen LogP) is 15.0. The number of aliphatic imine (C=N–C) groups is 2. The second kappa shape index (κ2) is 16.5. The minimum absolute atomic E-state index is 0.408. The number of para-hydroxylation sites is 1. The predicted molar refractivity (Wildman–Crippen MR) is 272 cm³/mol. The second-order valence-electron chi connectivity index (χ2n) is 16.9. The quantitative estimate of drug-likeness (QED) is 0.147. The molecule has 12 rings (SSSR count). The number of furan rings is 1. The lowest BCUT2D eigenvalue weighted by molar-refractivity contribution is 0.669. The summed E-state index contributed by atoms with van der Waals surface area (Å²) in [6.07, 6.45) is -0.408. The van der Waals surface area contributed by atoms with E-state index in [2.05, 4.69) is 212 Å². The molecule has 0 saturated heterocycles. The molecular formula is C62H43N3O. The molecule has 312 valence electrons. The van der Waals surface area contributed by atoms with Gasteiger partial charge in [0.25, 0.3) is 0 Å². The van der Waals surface area contributed by atoms with E-state index >= 15 is 0 Å². The first-order chi connectivity index (χ1) is 32.7. The van der Waals surface area contributed by atoms with Crippen molar-refractivity contribution in [2.75, 3.05) is 0 Å². The number of fused-ring (bicyclic) bond motifs is 4. The maximum Gasteiger partial charge on any atom is 0.169 e. The summed E-state index contributed by atoms with van der Waals surface area (Å²) in [5, 5.41) is 7.98. The molecule has 4 heteroatoms. The van der Waals surface area contributed by atoms with E-state index in [4.69, 9.17) is 14.4 Å². The van der Waals surface area contributed by atoms with Crippen LogP contribution in [0.15, 0.2) is 263 Å². The Bertz CT molecular complexity index is 3450. The Morgan fingerprint density at radius 1 is 0.364 bits per heavy atom. The van der Waals surface area contributed by atoms with Crippen molar-refractivity contribution in [3.63, 3.8) is 0 Å². The van der Waals surface area contributed by atoms with Crippen LogP contribution in [-0.2, 0) is 5.41 Å². The van der Waals surface area contributed by atoms with E-state index in [1.807, 2.05) is 42.5 Å². The van der Waals surface area contributed by atoms with Crippen LogP contribution in [0.4, 0.5) is 0 Å². The summed E-state index contributed by atoms with van der Waals surface area (Å²) in [7, 11) is 0. The Kier molecular flexibility index (Phi) is 9.76. The van der Waals surface area contributed by atoms with Crippen molar-refractivity contribution < 1.29 is 4.42 Å². The summed E-state index contributed by atoms with van der Waals surface area (Å²) < 4.78 is 6.70. The van der Waals surface area contributed by atoms with E-state index in [-0.39, 0.29) is 0 Å². The van der Waals surface area contributed by atoms with Crippen molar-refractivity contribution in [3.8, 4) is 22.3 Å². The van der Waals surface area contributed by atoms with Crippen LogP contribution in [0, 0.1) is 0 Å². The molecule has 0 spiro atoms. The molecule has 1 aliphatic heterocycles. The highest BCUT2D eigenvalue weighted by atomic mass is 16.3. The van der Waals surface area contributed by atoms with Gasteiger partial charge in [0.2, 0.25) is 0 Å². The Labute approximate surface area is 383 Å². The molecule has 1 aliphatic rings. The van der Waals surface area contributed by atoms with E-state index in [9.17, 15) is 0 Å². The Morgan fingerprint density at radius 3 is 1.50 bits per heavy atom. The van der Waals surface area contributed by atoms with Gasteiger partial charge in [-0.3, -0.25) is 0 Å². The molecule has 1 N–H and O–H groups in total. The third-order valence-electron chi connectivity index (χ3n) is 13.0. The highest BCUT2D eigenvalue weighted by Gasteiger charge is 2.38. The second-order valence-corrected chi connectivity index (χ2v) is 16.9. The topological polar surface area (TPSA) is 49.9 Å². The zero-order valence-corrected chi connectivity index (χ0v) is 36.1. The van der Waals surface area contributed by atoms with E-state index in [0.29, 0.717) is 0 Å². The average molecular weight is 846 g/mol. The summed E-state index contributed by atoms with van der Waals surface area (Å²) in [5.41, 5.74) is 13.5. The van der Waals surface area contributed by atoms with Crippen molar-refractivity contribution in [1.29, 1.82) is 0 Å². The van der Waals surface area contributed by atoms with E-state index < -0.39 is 11.6 Å². The maximum absolute atomic E-state index is 6.70. The van der Waals surface area contributed by atoms with E-state index in [0.717, 1.165) is 83.3 Å². The Balaban J connectivity index is 0.992. The lowest BCUT2D eigenvalue weighted by Gasteiger charge is -2.37. The van der Waals surface area contributed by atoms with Crippen molar-refractivity contribution >= 4 is 44.4 Å². The largest absolute Gasteiger partial charge is 0.456 e. The number of hydrogen-bond donors (Lipinski definition) is 1. The van der Waals surface area contributed by atoms with Crippen molar-refractivity contribution in [2.24, 2.45) is 9.98 Å². The summed E-state index contributed by atoms with van der Waals surface area (Å²) in [6.45, 7) is 0. The van der Waals surface area contributed by atoms with Gasteiger partial charge in [-0.05, 0) is 97.2 Å². The van der Waals surface area contributed by atoms with E-state index in [1.165, 1.54) is 22.3 Å². The highest BCUT2D eigenvalue weighted by Crippen LogP contribution is 2.47. The van der Waals surface area contributed by atoms with Crippen LogP contribution in [-0.4, -0.2) is 11.7 Å². The minimum atomic E-state index is -0.569. The molecule has 10 aromatic carbocycles. The third-order valence-corrected chi connectivity index (χ3v) is 13.0. The number of benzene rings is 10. The molecule has 0 fully saturated rings. The fourth-order valence-electron chi connectivity index (χ4n) is 9.92. The first-order valence-corrected chi connectivity index (χ1v) is 22.5. The van der Waals surface area contributed by atoms with Crippen molar-refractivity contribution in [3.05, 3.63) is 288 Å². The van der Waals surface area contributed by atoms with Gasteiger partial charge in [0.05, 0.1) is 5.41 Å². The molecule has 0 saturated carbocycles. The maximum atomic E-state index is 6.70. The summed E-state index contributed by atoms with van der Waals surface area (Å²) in [5.74, 6) is 1.61. The van der Waals surface area contributed by atoms with Gasteiger partial charge in [-0.15, -0.1) is 0 Å². The number of rotatable bonds is 9. The van der Waals surface area contributed by atoms with Crippen molar-refractivity contribution in [2.45, 2.75) is 11.6 Å². The molecule has 11 aromatic rings. The molecule has 0 radical (unpaired) electrons. The molecule has 0 aliphatic carbocycles. The summed E-state index contributed by atoms with van der Waals surface area (Å²) >= 11 is 0. The van der Waals surface area contributed by atoms with Crippen LogP contribution in [0.1, 0.15) is 45.1 Å². The van der Waals surface area contributed by atoms with Gasteiger partial charge in [-0.2, -0.15) is 0 Å². The molecule has 0 amide bonds. The highest BCUT2D eigenvalue weighted by molar-refractivity contribution is 6.16. The number of nitrogens with zero attached hydrogens (tertiary/aromatic N) is 2. The van der Waals surface area contributed by atoms with Gasteiger partial charge in [-0.1, -0.05) is 212 Å². The van der Waals surface area contributed by atoms with Crippen LogP contribution in [0.2, 0.25) is 0 Å². The van der Waals surface area contributed by atoms with Crippen LogP contribution in [0.5, 0.6) is 0 Å². The molecule has 0 unspecified atom stereocenters. The monoisotopic (exact) mass is 845 g/mol. The number of amidine groups is 2. The zero-order chi connectivity index (χ0) is 43.9. The van der Waals surface area contributed by atoms with Gasteiger partial charge in [0, 0.05) is 21.9 Å². The lowest BCUT2D eigenvalue weighted by Crippen LogP contribution is -2.35. The van der Waals surface area contributed by atoms with Crippen molar-refractivity contribution in [1.82, 2.24) is 5.32 Å². The molecule has 0 atom stereocenters. The van der Waals surface area contributed by atoms with Crippen LogP contribution in [0.25, 0.3) is 55.0 Å². The fourth-order valence-corrected chi connectivity index (χ4v) is 9.92. The molecule has 1 aromatic heterocycles. The Hall–Kier alpha value is -8.60. The van der Waals surface area contributed by atoms with Gasteiger partial charge in [0.1, 0.15) is 22.8 Å². The van der Waals surface area contributed by atoms with Crippen LogP contribution < -0.4 is 5.32 Å². The first-order valence-electron chi connectivity index (χ1n) is 22.5. The number of nitrogens with one attached hydrogen (secondary N) is 1. The average Bonchev–Trinajstić information content (AvgIpc) is 3.78. The SMILES string of the molecule is c1ccc(C2=NC(c3ccc4cc(-c5cc(-c6cccc(C(c7ccccc7)(c7ccccc7)c7ccccc7)c6)cc6oc7ccccc7c56)ccc4c3)N=C(c3ccccc3)N2)cc1. The standard InChI is InChI=1S/C62H43N3O/c1-6-19-42(20-7-1)59-63-60(43-21-8-2-9-22-43)65-61(64-59)48-36-34-45-37-47(35-33-46(45)38-48)55-40-49(41-57-58(55)54-31-16-17-32-56(54)66-57)44-23-18-30-53(39-44)62(50-24-10-3-11-25-50,51-26-12-4-13-27-51)52-28-14-5-15-29-52/h1-41,61H,(H,63,64,65). The van der Waals surface area contributed by atoms with Crippen LogP contribution in [0.3, 0.4) is 0 Å². The Morgan fingerprint density at radius 2 is 0.879 bits per heavy atom. The van der Waals surface area contributed by atoms with E-state index in [1.54, 1.807) is 0 Å². The summed E-state index contributed by atoms with van der Waals surface area (Å²) in [4.78, 5) is 10.3. The molecule has 66 heavy (non-hydrogen) atoms. The van der Waals surface area contributed by atoms with Gasteiger partial charge >= 0.3 is 0 Å². The third kappa shape index (κ3) is 6.88. The zero-order valence-electron chi connectivity index (χ0n) is 36.1. The van der Waals surface area contributed by atoms with Gasteiger partial charge < -0.3 is 9.73 Å². The summed E-state index contributed by atoms with van der Waals surface area (Å²) in [6, 6.07) is 88.6. The van der Waals surface area contributed by atoms with Crippen LogP contribution >= 0.6 is 0 Å². The molecule has 4 nitrogen and oxygen atoms in total. The molecule has 0 bridgehead atoms. The first kappa shape index (κ1) is 39.0. The molecule has 2 heterocycles. The lowest BCUT2D eigenvalue weighted by atomic mass is 9.65. The van der Waals surface area contributed by atoms with Gasteiger partial charge in [-0.25, -0.2) is 9.98 Å². The normalized spacial score (nSPS) is 13.1.